The molecule has 0 atom stereocenters. The maximum atomic E-state index is 12.2. The van der Waals surface area contributed by atoms with Crippen molar-refractivity contribution >= 4 is 43.5 Å². The third-order valence-electron chi connectivity index (χ3n) is 3.67. The van der Waals surface area contributed by atoms with E-state index in [9.17, 15) is 4.79 Å². The second-order valence-corrected chi connectivity index (χ2v) is 7.36. The van der Waals surface area contributed by atoms with Gasteiger partial charge in [0.1, 0.15) is 10.8 Å². The highest BCUT2D eigenvalue weighted by Crippen LogP contribution is 2.31. The van der Waals surface area contributed by atoms with Crippen LogP contribution in [0.2, 0.25) is 0 Å². The number of hydrogen-bond donors (Lipinski definition) is 0. The molecule has 0 saturated heterocycles. The van der Waals surface area contributed by atoms with Crippen LogP contribution < -0.4 is 4.74 Å². The van der Waals surface area contributed by atoms with E-state index in [1.807, 2.05) is 36.4 Å². The Kier molecular flexibility index (Phi) is 4.34. The number of para-hydroxylation sites is 1. The van der Waals surface area contributed by atoms with Gasteiger partial charge in [-0.2, -0.15) is 0 Å². The minimum absolute atomic E-state index is 0.381. The molecule has 4 rings (SSSR count). The fourth-order valence-electron chi connectivity index (χ4n) is 2.44. The number of benzene rings is 3. The second kappa shape index (κ2) is 6.78. The number of hydrogen-bond acceptors (Lipinski definition) is 4. The lowest BCUT2D eigenvalue weighted by Gasteiger charge is -2.05. The van der Waals surface area contributed by atoms with Crippen molar-refractivity contribution < 1.29 is 9.53 Å². The van der Waals surface area contributed by atoms with Gasteiger partial charge in [0.05, 0.1) is 15.8 Å². The molecule has 0 amide bonds. The van der Waals surface area contributed by atoms with Crippen LogP contribution in [-0.2, 0) is 0 Å². The normalized spacial score (nSPS) is 10.8. The summed E-state index contributed by atoms with van der Waals surface area (Å²) in [6.07, 6.45) is 0. The number of carbonyl (C=O) groups excluding carboxylic acids is 1. The lowest BCUT2D eigenvalue weighted by Crippen LogP contribution is -2.08. The summed E-state index contributed by atoms with van der Waals surface area (Å²) in [4.78, 5) is 16.8. The van der Waals surface area contributed by atoms with Crippen molar-refractivity contribution in [3.63, 3.8) is 0 Å². The van der Waals surface area contributed by atoms with Crippen LogP contribution in [0.15, 0.2) is 77.3 Å². The Hall–Kier alpha value is -2.50. The van der Waals surface area contributed by atoms with Gasteiger partial charge in [-0.05, 0) is 54.6 Å². The van der Waals surface area contributed by atoms with Crippen LogP contribution in [0.25, 0.3) is 20.8 Å². The Morgan fingerprint density at radius 2 is 1.76 bits per heavy atom. The van der Waals surface area contributed by atoms with Gasteiger partial charge >= 0.3 is 5.97 Å². The number of aromatic nitrogens is 1. The molecule has 3 aromatic carbocycles. The van der Waals surface area contributed by atoms with Gasteiger partial charge in [-0.25, -0.2) is 9.78 Å². The van der Waals surface area contributed by atoms with Crippen molar-refractivity contribution in [1.29, 1.82) is 0 Å². The fourth-order valence-corrected chi connectivity index (χ4v) is 3.81. The van der Waals surface area contributed by atoms with Crippen molar-refractivity contribution in [3.8, 4) is 16.3 Å². The largest absolute Gasteiger partial charge is 0.423 e. The van der Waals surface area contributed by atoms with Crippen molar-refractivity contribution in [2.45, 2.75) is 0 Å². The smallest absolute Gasteiger partial charge is 0.343 e. The van der Waals surface area contributed by atoms with E-state index < -0.39 is 0 Å². The number of rotatable bonds is 3. The average molecular weight is 410 g/mol. The molecule has 1 heterocycles. The van der Waals surface area contributed by atoms with E-state index in [1.165, 1.54) is 0 Å². The fraction of sp³-hybridized carbons (Fsp3) is 0. The number of halogens is 1. The molecule has 4 aromatic rings. The maximum absolute atomic E-state index is 12.2. The van der Waals surface area contributed by atoms with E-state index in [0.29, 0.717) is 11.3 Å². The molecular weight excluding hydrogens is 398 g/mol. The quantitative estimate of drug-likeness (QED) is 0.310. The van der Waals surface area contributed by atoms with Crippen LogP contribution in [0.5, 0.6) is 5.75 Å². The van der Waals surface area contributed by atoms with E-state index in [4.69, 9.17) is 4.74 Å². The molecule has 0 N–H and O–H groups in total. The molecule has 0 unspecified atom stereocenters. The van der Waals surface area contributed by atoms with E-state index in [-0.39, 0.29) is 5.97 Å². The highest BCUT2D eigenvalue weighted by molar-refractivity contribution is 9.10. The molecule has 0 aliphatic rings. The zero-order valence-corrected chi connectivity index (χ0v) is 15.4. The molecular formula is C20H12BrNO2S. The van der Waals surface area contributed by atoms with Gasteiger partial charge in [-0.15, -0.1) is 11.3 Å². The summed E-state index contributed by atoms with van der Waals surface area (Å²) in [5.41, 5.74) is 2.50. The molecule has 0 fully saturated rings. The van der Waals surface area contributed by atoms with E-state index in [0.717, 1.165) is 25.3 Å². The number of nitrogens with zero attached hydrogens (tertiary/aromatic N) is 1. The highest BCUT2D eigenvalue weighted by atomic mass is 79.9. The summed E-state index contributed by atoms with van der Waals surface area (Å²) in [6.45, 7) is 0. The molecule has 0 aliphatic heterocycles. The Labute approximate surface area is 157 Å². The second-order valence-electron chi connectivity index (χ2n) is 5.41. The van der Waals surface area contributed by atoms with E-state index in [2.05, 4.69) is 27.0 Å². The van der Waals surface area contributed by atoms with Gasteiger partial charge < -0.3 is 4.74 Å². The Morgan fingerprint density at radius 3 is 2.52 bits per heavy atom. The number of ether oxygens (including phenoxy) is 1. The maximum Gasteiger partial charge on any atom is 0.343 e. The first-order chi connectivity index (χ1) is 12.2. The van der Waals surface area contributed by atoms with Crippen molar-refractivity contribution in [3.05, 3.63) is 82.8 Å². The molecule has 0 bridgehead atoms. The molecule has 0 radical (unpaired) electrons. The van der Waals surface area contributed by atoms with Crippen LogP contribution in [0.3, 0.4) is 0 Å². The van der Waals surface area contributed by atoms with Crippen LogP contribution in [0.4, 0.5) is 0 Å². The SMILES string of the molecule is O=C(Oc1ccc(-c2nc3ccccc3s2)cc1)c1cccc(Br)c1. The minimum atomic E-state index is -0.381. The molecule has 1 aromatic heterocycles. The van der Waals surface area contributed by atoms with Crippen LogP contribution in [-0.4, -0.2) is 11.0 Å². The van der Waals surface area contributed by atoms with Crippen molar-refractivity contribution in [1.82, 2.24) is 4.98 Å². The first kappa shape index (κ1) is 16.0. The lowest BCUT2D eigenvalue weighted by atomic mass is 10.2. The van der Waals surface area contributed by atoms with Crippen molar-refractivity contribution in [2.24, 2.45) is 0 Å². The first-order valence-corrected chi connectivity index (χ1v) is 9.24. The standard InChI is InChI=1S/C20H12BrNO2S/c21-15-5-3-4-14(12-15)20(23)24-16-10-8-13(9-11-16)19-22-17-6-1-2-7-18(17)25-19/h1-12H. The molecule has 0 aliphatic carbocycles. The number of thiazole rings is 1. The van der Waals surface area contributed by atoms with Gasteiger partial charge in [0.15, 0.2) is 0 Å². The third-order valence-corrected chi connectivity index (χ3v) is 5.24. The van der Waals surface area contributed by atoms with E-state index >= 15 is 0 Å². The highest BCUT2D eigenvalue weighted by Gasteiger charge is 2.10. The zero-order valence-electron chi connectivity index (χ0n) is 13.0. The topological polar surface area (TPSA) is 39.2 Å². The number of esters is 1. The number of carbonyl (C=O) groups is 1. The Balaban J connectivity index is 1.54. The van der Waals surface area contributed by atoms with Gasteiger partial charge in [0.25, 0.3) is 0 Å². The molecule has 5 heteroatoms. The van der Waals surface area contributed by atoms with Gasteiger partial charge in [0, 0.05) is 10.0 Å². The van der Waals surface area contributed by atoms with E-state index in [1.54, 1.807) is 41.7 Å². The summed E-state index contributed by atoms with van der Waals surface area (Å²) < 4.78 is 7.42. The summed E-state index contributed by atoms with van der Waals surface area (Å²) in [7, 11) is 0. The Bertz CT molecular complexity index is 1020. The Morgan fingerprint density at radius 1 is 0.960 bits per heavy atom. The first-order valence-electron chi connectivity index (χ1n) is 7.63. The average Bonchev–Trinajstić information content (AvgIpc) is 3.06. The zero-order chi connectivity index (χ0) is 17.2. The molecule has 3 nitrogen and oxygen atoms in total. The van der Waals surface area contributed by atoms with Gasteiger partial charge in [-0.1, -0.05) is 34.1 Å². The predicted octanol–water partition coefficient (Wildman–Crippen LogP) is 5.95. The van der Waals surface area contributed by atoms with Crippen LogP contribution >= 0.6 is 27.3 Å². The summed E-state index contributed by atoms with van der Waals surface area (Å²) >= 11 is 5.00. The molecule has 25 heavy (non-hydrogen) atoms. The summed E-state index contributed by atoms with van der Waals surface area (Å²) in [6, 6.07) is 22.6. The molecule has 0 saturated carbocycles. The number of fused-ring (bicyclic) bond motifs is 1. The van der Waals surface area contributed by atoms with Crippen LogP contribution in [0.1, 0.15) is 10.4 Å². The van der Waals surface area contributed by atoms with Gasteiger partial charge in [0.2, 0.25) is 0 Å². The van der Waals surface area contributed by atoms with Gasteiger partial charge in [-0.3, -0.25) is 0 Å². The lowest BCUT2D eigenvalue weighted by molar-refractivity contribution is 0.0734. The predicted molar refractivity (Wildman–Crippen MR) is 104 cm³/mol. The summed E-state index contributed by atoms with van der Waals surface area (Å²) in [5, 5.41) is 0.950. The van der Waals surface area contributed by atoms with Crippen LogP contribution in [0, 0.1) is 0 Å². The molecule has 122 valence electrons. The summed E-state index contributed by atoms with van der Waals surface area (Å²) in [5.74, 6) is 0.129. The minimum Gasteiger partial charge on any atom is -0.423 e. The molecule has 0 spiro atoms. The third kappa shape index (κ3) is 3.48. The monoisotopic (exact) mass is 409 g/mol. The van der Waals surface area contributed by atoms with Crippen molar-refractivity contribution in [2.75, 3.05) is 0 Å².